The highest BCUT2D eigenvalue weighted by Crippen LogP contribution is 2.22. The van der Waals surface area contributed by atoms with Crippen molar-refractivity contribution in [1.29, 1.82) is 0 Å². The smallest absolute Gasteiger partial charge is 0.246 e. The van der Waals surface area contributed by atoms with E-state index in [2.05, 4.69) is 10.3 Å². The molecular formula is C12H21N3O2S. The maximum atomic E-state index is 12.4. The number of hydrogen-bond donors (Lipinski definition) is 1. The maximum Gasteiger partial charge on any atom is 0.246 e. The van der Waals surface area contributed by atoms with Gasteiger partial charge in [0.25, 0.3) is 0 Å². The van der Waals surface area contributed by atoms with Crippen molar-refractivity contribution in [3.8, 4) is 0 Å². The number of pyridine rings is 1. The fourth-order valence-electron chi connectivity index (χ4n) is 1.41. The Bertz CT molecular complexity index is 486. The molecule has 0 aliphatic carbocycles. The Labute approximate surface area is 109 Å². The molecule has 1 aromatic rings. The van der Waals surface area contributed by atoms with Gasteiger partial charge in [-0.1, -0.05) is 6.92 Å². The van der Waals surface area contributed by atoms with Gasteiger partial charge in [0.2, 0.25) is 10.0 Å². The van der Waals surface area contributed by atoms with Crippen LogP contribution in [0.2, 0.25) is 0 Å². The number of aromatic nitrogens is 1. The zero-order valence-electron chi connectivity index (χ0n) is 11.3. The number of hydrogen-bond acceptors (Lipinski definition) is 4. The van der Waals surface area contributed by atoms with Gasteiger partial charge < -0.3 is 5.32 Å². The van der Waals surface area contributed by atoms with Gasteiger partial charge in [-0.2, -0.15) is 4.31 Å². The zero-order chi connectivity index (χ0) is 13.8. The van der Waals surface area contributed by atoms with Crippen molar-refractivity contribution in [3.63, 3.8) is 0 Å². The number of nitrogens with zero attached hydrogens (tertiary/aromatic N) is 2. The standard InChI is InChI=1S/C12H21N3O2S/c1-5-8-13-12-11(7-6-9-14-12)18(16,17)15(4)10(2)3/h6-7,9-10H,5,8H2,1-4H3,(H,13,14). The zero-order valence-corrected chi connectivity index (χ0v) is 12.2. The van der Waals surface area contributed by atoms with Gasteiger partial charge >= 0.3 is 0 Å². The first kappa shape index (κ1) is 14.9. The van der Waals surface area contributed by atoms with Crippen LogP contribution in [0.25, 0.3) is 0 Å². The van der Waals surface area contributed by atoms with Crippen molar-refractivity contribution in [1.82, 2.24) is 9.29 Å². The number of anilines is 1. The van der Waals surface area contributed by atoms with Crippen LogP contribution >= 0.6 is 0 Å². The van der Waals surface area contributed by atoms with Gasteiger partial charge in [0.15, 0.2) is 0 Å². The van der Waals surface area contributed by atoms with Crippen LogP contribution in [0.5, 0.6) is 0 Å². The highest BCUT2D eigenvalue weighted by molar-refractivity contribution is 7.89. The van der Waals surface area contributed by atoms with E-state index in [-0.39, 0.29) is 10.9 Å². The molecule has 5 nitrogen and oxygen atoms in total. The Morgan fingerprint density at radius 3 is 2.67 bits per heavy atom. The van der Waals surface area contributed by atoms with Gasteiger partial charge in [0.05, 0.1) is 0 Å². The molecule has 18 heavy (non-hydrogen) atoms. The average Bonchev–Trinajstić information content (AvgIpc) is 2.35. The van der Waals surface area contributed by atoms with E-state index in [4.69, 9.17) is 0 Å². The second-order valence-corrected chi connectivity index (χ2v) is 6.36. The van der Waals surface area contributed by atoms with E-state index in [0.29, 0.717) is 12.4 Å². The van der Waals surface area contributed by atoms with Crippen molar-refractivity contribution in [3.05, 3.63) is 18.3 Å². The molecule has 0 unspecified atom stereocenters. The molecule has 0 amide bonds. The minimum absolute atomic E-state index is 0.0887. The third-order valence-electron chi connectivity index (χ3n) is 2.70. The molecule has 0 aliphatic rings. The van der Waals surface area contributed by atoms with E-state index in [9.17, 15) is 8.42 Å². The first-order valence-electron chi connectivity index (χ1n) is 6.08. The Morgan fingerprint density at radius 1 is 1.44 bits per heavy atom. The molecule has 0 aromatic carbocycles. The summed E-state index contributed by atoms with van der Waals surface area (Å²) in [5.41, 5.74) is 0. The second kappa shape index (κ2) is 6.15. The fraction of sp³-hybridized carbons (Fsp3) is 0.583. The lowest BCUT2D eigenvalue weighted by molar-refractivity contribution is 0.410. The molecule has 0 spiro atoms. The van der Waals surface area contributed by atoms with E-state index >= 15 is 0 Å². The lowest BCUT2D eigenvalue weighted by Crippen LogP contribution is -2.33. The Hall–Kier alpha value is -1.14. The summed E-state index contributed by atoms with van der Waals surface area (Å²) in [5.74, 6) is 0.423. The molecule has 0 atom stereocenters. The summed E-state index contributed by atoms with van der Waals surface area (Å²) in [5, 5.41) is 3.05. The first-order valence-corrected chi connectivity index (χ1v) is 7.52. The number of nitrogens with one attached hydrogen (secondary N) is 1. The summed E-state index contributed by atoms with van der Waals surface area (Å²) in [6.45, 7) is 6.40. The summed E-state index contributed by atoms with van der Waals surface area (Å²) >= 11 is 0. The summed E-state index contributed by atoms with van der Waals surface area (Å²) in [6, 6.07) is 3.13. The molecule has 1 N–H and O–H groups in total. The molecule has 102 valence electrons. The Kier molecular flexibility index (Phi) is 5.10. The average molecular weight is 271 g/mol. The summed E-state index contributed by atoms with van der Waals surface area (Å²) < 4.78 is 26.2. The predicted molar refractivity (Wildman–Crippen MR) is 73.1 cm³/mol. The van der Waals surface area contributed by atoms with Gasteiger partial charge in [-0.15, -0.1) is 0 Å². The monoisotopic (exact) mass is 271 g/mol. The summed E-state index contributed by atoms with van der Waals surface area (Å²) in [4.78, 5) is 4.34. The van der Waals surface area contributed by atoms with Crippen molar-refractivity contribution < 1.29 is 8.42 Å². The lowest BCUT2D eigenvalue weighted by Gasteiger charge is -2.22. The van der Waals surface area contributed by atoms with Gasteiger partial charge in [-0.25, -0.2) is 13.4 Å². The van der Waals surface area contributed by atoms with Gasteiger partial charge in [-0.05, 0) is 32.4 Å². The molecule has 1 rings (SSSR count). The third kappa shape index (κ3) is 3.20. The quantitative estimate of drug-likeness (QED) is 0.859. The fourth-order valence-corrected chi connectivity index (χ4v) is 2.89. The van der Waals surface area contributed by atoms with Crippen LogP contribution in [0, 0.1) is 0 Å². The molecule has 0 fully saturated rings. The normalized spacial score (nSPS) is 12.1. The van der Waals surface area contributed by atoms with Crippen LogP contribution in [0.3, 0.4) is 0 Å². The van der Waals surface area contributed by atoms with E-state index < -0.39 is 10.0 Å². The third-order valence-corrected chi connectivity index (χ3v) is 4.76. The van der Waals surface area contributed by atoms with Crippen molar-refractivity contribution >= 4 is 15.8 Å². The molecular weight excluding hydrogens is 250 g/mol. The number of sulfonamides is 1. The highest BCUT2D eigenvalue weighted by Gasteiger charge is 2.26. The largest absolute Gasteiger partial charge is 0.369 e. The predicted octanol–water partition coefficient (Wildman–Crippen LogP) is 1.93. The van der Waals surface area contributed by atoms with Crippen LogP contribution < -0.4 is 5.32 Å². The molecule has 0 radical (unpaired) electrons. The molecule has 0 bridgehead atoms. The molecule has 0 saturated heterocycles. The minimum atomic E-state index is -3.49. The van der Waals surface area contributed by atoms with Crippen LogP contribution in [0.1, 0.15) is 27.2 Å². The molecule has 1 heterocycles. The SMILES string of the molecule is CCCNc1ncccc1S(=O)(=O)N(C)C(C)C. The molecule has 1 aromatic heterocycles. The molecule has 0 saturated carbocycles. The van der Waals surface area contributed by atoms with Crippen molar-refractivity contribution in [2.45, 2.75) is 38.1 Å². The van der Waals surface area contributed by atoms with Crippen LogP contribution in [-0.2, 0) is 10.0 Å². The van der Waals surface area contributed by atoms with Gasteiger partial charge in [0.1, 0.15) is 10.7 Å². The van der Waals surface area contributed by atoms with Gasteiger partial charge in [0, 0.05) is 25.8 Å². The van der Waals surface area contributed by atoms with E-state index in [0.717, 1.165) is 6.42 Å². The molecule has 0 aliphatic heterocycles. The summed E-state index contributed by atoms with van der Waals surface area (Å²) in [7, 11) is -1.91. The minimum Gasteiger partial charge on any atom is -0.369 e. The maximum absolute atomic E-state index is 12.4. The number of rotatable bonds is 6. The Morgan fingerprint density at radius 2 is 2.11 bits per heavy atom. The lowest BCUT2D eigenvalue weighted by atomic mass is 10.4. The van der Waals surface area contributed by atoms with Crippen LogP contribution in [0.15, 0.2) is 23.2 Å². The van der Waals surface area contributed by atoms with Crippen LogP contribution in [0.4, 0.5) is 5.82 Å². The Balaban J connectivity index is 3.16. The second-order valence-electron chi connectivity index (χ2n) is 4.39. The summed E-state index contributed by atoms with van der Waals surface area (Å²) in [6.07, 6.45) is 2.50. The topological polar surface area (TPSA) is 62.3 Å². The van der Waals surface area contributed by atoms with Crippen LogP contribution in [-0.4, -0.2) is 37.3 Å². The highest BCUT2D eigenvalue weighted by atomic mass is 32.2. The van der Waals surface area contributed by atoms with E-state index in [1.807, 2.05) is 20.8 Å². The molecule has 6 heteroatoms. The first-order chi connectivity index (χ1) is 8.41. The van der Waals surface area contributed by atoms with Gasteiger partial charge in [-0.3, -0.25) is 0 Å². The van der Waals surface area contributed by atoms with Crippen molar-refractivity contribution in [2.24, 2.45) is 0 Å². The van der Waals surface area contributed by atoms with Crippen molar-refractivity contribution in [2.75, 3.05) is 18.9 Å². The van der Waals surface area contributed by atoms with E-state index in [1.54, 1.807) is 25.4 Å². The van der Waals surface area contributed by atoms with E-state index in [1.165, 1.54) is 4.31 Å².